The van der Waals surface area contributed by atoms with Crippen molar-refractivity contribution in [3.8, 4) is 0 Å². The van der Waals surface area contributed by atoms with E-state index in [1.807, 2.05) is 0 Å². The summed E-state index contributed by atoms with van der Waals surface area (Å²) in [5, 5.41) is 22.1. The van der Waals surface area contributed by atoms with Crippen LogP contribution in [0.2, 0.25) is 0 Å². The van der Waals surface area contributed by atoms with Gasteiger partial charge in [-0.1, -0.05) is 36.4 Å². The van der Waals surface area contributed by atoms with Gasteiger partial charge in [-0.3, -0.25) is 20.2 Å². The molecule has 0 aromatic heterocycles. The Morgan fingerprint density at radius 1 is 0.923 bits per heavy atom. The fraction of sp³-hybridized carbons (Fsp3) is 0.250. The maximum atomic E-state index is 12.5. The molecule has 0 heterocycles. The lowest BCUT2D eigenvalue weighted by Gasteiger charge is -2.13. The van der Waals surface area contributed by atoms with Crippen molar-refractivity contribution in [2.45, 2.75) is 23.0 Å². The van der Waals surface area contributed by atoms with Crippen LogP contribution in [-0.4, -0.2) is 22.8 Å². The minimum absolute atomic E-state index is 0.0664. The molecule has 1 atom stereocenters. The van der Waals surface area contributed by atoms with Gasteiger partial charge in [0.15, 0.2) is 9.84 Å². The van der Waals surface area contributed by atoms with Gasteiger partial charge in [0.05, 0.1) is 15.6 Å². The zero-order valence-corrected chi connectivity index (χ0v) is 15.4. The first-order valence-corrected chi connectivity index (χ1v) is 10.3. The van der Waals surface area contributed by atoms with E-state index in [1.165, 1.54) is 31.2 Å². The van der Waals surface area contributed by atoms with Gasteiger partial charge in [0.2, 0.25) is 0 Å². The Morgan fingerprint density at radius 2 is 1.38 bits per heavy atom. The molecule has 2 aromatic carbocycles. The van der Waals surface area contributed by atoms with Crippen molar-refractivity contribution < 1.29 is 18.3 Å². The van der Waals surface area contributed by atoms with Gasteiger partial charge < -0.3 is 0 Å². The molecule has 0 spiro atoms. The molecule has 0 saturated heterocycles. The summed E-state index contributed by atoms with van der Waals surface area (Å²) >= 11 is 1.04. The maximum Gasteiger partial charge on any atom is 0.273 e. The maximum absolute atomic E-state index is 12.5. The Kier molecular flexibility index (Phi) is 6.32. The Bertz CT molecular complexity index is 930. The summed E-state index contributed by atoms with van der Waals surface area (Å²) in [6.45, 7) is 1.48. The Balaban J connectivity index is 2.13. The molecule has 0 aliphatic heterocycles. The van der Waals surface area contributed by atoms with E-state index in [4.69, 9.17) is 0 Å². The second-order valence-electron chi connectivity index (χ2n) is 5.46. The molecule has 0 saturated carbocycles. The molecule has 8 nitrogen and oxygen atoms in total. The molecule has 2 rings (SSSR count). The molecule has 10 heteroatoms. The van der Waals surface area contributed by atoms with Crippen molar-refractivity contribution in [2.75, 3.05) is 0 Å². The van der Waals surface area contributed by atoms with Crippen LogP contribution in [0.15, 0.2) is 48.5 Å². The highest BCUT2D eigenvalue weighted by atomic mass is 32.3. The van der Waals surface area contributed by atoms with E-state index in [9.17, 15) is 28.6 Å². The minimum atomic E-state index is -3.68. The Morgan fingerprint density at radius 3 is 1.92 bits per heavy atom. The number of thioether (sulfide) groups is 1. The van der Waals surface area contributed by atoms with Crippen molar-refractivity contribution in [3.05, 3.63) is 79.9 Å². The summed E-state index contributed by atoms with van der Waals surface area (Å²) in [5.74, 6) is -0.316. The van der Waals surface area contributed by atoms with Crippen LogP contribution in [0.5, 0.6) is 0 Å². The van der Waals surface area contributed by atoms with Crippen LogP contribution in [0.1, 0.15) is 18.1 Å². The zero-order chi connectivity index (χ0) is 19.3. The largest absolute Gasteiger partial charge is 0.273 e. The van der Waals surface area contributed by atoms with E-state index < -0.39 is 30.0 Å². The van der Waals surface area contributed by atoms with Gasteiger partial charge in [0.25, 0.3) is 11.4 Å². The standard InChI is InChI=1S/C16H16N2O6S2/c1-12(25-10-13-6-2-4-8-15(13)17(19)20)26(23,24)11-14-7-3-5-9-16(14)18(21)22/h2-9,12H,10-11H2,1H3. The average Bonchev–Trinajstić information content (AvgIpc) is 2.59. The smallest absolute Gasteiger partial charge is 0.258 e. The van der Waals surface area contributed by atoms with E-state index in [1.54, 1.807) is 24.3 Å². The third kappa shape index (κ3) is 4.79. The molecule has 0 fully saturated rings. The second kappa shape index (κ2) is 8.28. The number of nitro groups is 2. The van der Waals surface area contributed by atoms with Gasteiger partial charge in [0.1, 0.15) is 4.58 Å². The van der Waals surface area contributed by atoms with Gasteiger partial charge in [0, 0.05) is 29.0 Å². The summed E-state index contributed by atoms with van der Waals surface area (Å²) in [4.78, 5) is 20.9. The molecule has 0 N–H and O–H groups in total. The average molecular weight is 396 g/mol. The quantitative estimate of drug-likeness (QED) is 0.493. The summed E-state index contributed by atoms with van der Waals surface area (Å²) < 4.78 is 24.2. The molecule has 138 valence electrons. The van der Waals surface area contributed by atoms with Crippen LogP contribution >= 0.6 is 11.8 Å². The second-order valence-corrected chi connectivity index (χ2v) is 9.41. The summed E-state index contributed by atoms with van der Waals surface area (Å²) in [6.07, 6.45) is 0. The van der Waals surface area contributed by atoms with Crippen molar-refractivity contribution in [1.29, 1.82) is 0 Å². The number of hydrogen-bond acceptors (Lipinski definition) is 7. The number of benzene rings is 2. The fourth-order valence-corrected chi connectivity index (χ4v) is 5.08. The predicted molar refractivity (Wildman–Crippen MR) is 99.6 cm³/mol. The summed E-state index contributed by atoms with van der Waals surface area (Å²) in [5.41, 5.74) is 0.237. The molecular formula is C16H16N2O6S2. The van der Waals surface area contributed by atoms with Crippen LogP contribution in [0.3, 0.4) is 0 Å². The van der Waals surface area contributed by atoms with Crippen molar-refractivity contribution in [2.24, 2.45) is 0 Å². The van der Waals surface area contributed by atoms with Gasteiger partial charge in [-0.2, -0.15) is 0 Å². The lowest BCUT2D eigenvalue weighted by atomic mass is 10.2. The van der Waals surface area contributed by atoms with Gasteiger partial charge in [-0.15, -0.1) is 11.8 Å². The van der Waals surface area contributed by atoms with E-state index in [0.29, 0.717) is 5.56 Å². The summed E-state index contributed by atoms with van der Waals surface area (Å²) in [7, 11) is -3.68. The molecule has 0 aliphatic rings. The highest BCUT2D eigenvalue weighted by molar-refractivity contribution is 8.12. The Hall–Kier alpha value is -2.46. The van der Waals surface area contributed by atoms with Crippen LogP contribution in [0.4, 0.5) is 11.4 Å². The molecule has 0 bridgehead atoms. The van der Waals surface area contributed by atoms with E-state index in [-0.39, 0.29) is 22.7 Å². The zero-order valence-electron chi connectivity index (χ0n) is 13.8. The molecular weight excluding hydrogens is 380 g/mol. The number of hydrogen-bond donors (Lipinski definition) is 0. The van der Waals surface area contributed by atoms with Crippen LogP contribution in [0.25, 0.3) is 0 Å². The lowest BCUT2D eigenvalue weighted by Crippen LogP contribution is -2.17. The minimum Gasteiger partial charge on any atom is -0.258 e. The SMILES string of the molecule is CC(SCc1ccccc1[N+](=O)[O-])S(=O)(=O)Cc1ccccc1[N+](=O)[O-]. The molecule has 26 heavy (non-hydrogen) atoms. The highest BCUT2D eigenvalue weighted by Gasteiger charge is 2.26. The third-order valence-electron chi connectivity index (χ3n) is 3.71. The van der Waals surface area contributed by atoms with Crippen molar-refractivity contribution in [3.63, 3.8) is 0 Å². The van der Waals surface area contributed by atoms with Crippen LogP contribution < -0.4 is 0 Å². The number of para-hydroxylation sites is 2. The lowest BCUT2D eigenvalue weighted by molar-refractivity contribution is -0.385. The summed E-state index contributed by atoms with van der Waals surface area (Å²) in [6, 6.07) is 11.8. The Labute approximate surface area is 154 Å². The molecule has 1 unspecified atom stereocenters. The topological polar surface area (TPSA) is 120 Å². The normalized spacial score (nSPS) is 12.5. The van der Waals surface area contributed by atoms with E-state index >= 15 is 0 Å². The molecule has 0 amide bonds. The molecule has 0 radical (unpaired) electrons. The molecule has 2 aromatic rings. The number of sulfone groups is 1. The number of nitro benzene ring substituents is 2. The number of nitrogens with zero attached hydrogens (tertiary/aromatic N) is 2. The van der Waals surface area contributed by atoms with Gasteiger partial charge in [-0.25, -0.2) is 8.42 Å². The fourth-order valence-electron chi connectivity index (χ4n) is 2.27. The van der Waals surface area contributed by atoms with E-state index in [0.717, 1.165) is 11.8 Å². The van der Waals surface area contributed by atoms with Crippen LogP contribution in [-0.2, 0) is 21.3 Å². The molecule has 0 aliphatic carbocycles. The highest BCUT2D eigenvalue weighted by Crippen LogP contribution is 2.30. The third-order valence-corrected chi connectivity index (χ3v) is 7.67. The predicted octanol–water partition coefficient (Wildman–Crippen LogP) is 3.70. The van der Waals surface area contributed by atoms with Crippen LogP contribution in [0, 0.1) is 20.2 Å². The first-order valence-electron chi connectivity index (χ1n) is 7.50. The van der Waals surface area contributed by atoms with Crippen molar-refractivity contribution >= 4 is 33.0 Å². The van der Waals surface area contributed by atoms with Crippen molar-refractivity contribution in [1.82, 2.24) is 0 Å². The van der Waals surface area contributed by atoms with Gasteiger partial charge in [-0.05, 0) is 6.92 Å². The first-order chi connectivity index (χ1) is 12.2. The monoisotopic (exact) mass is 396 g/mol. The van der Waals surface area contributed by atoms with Gasteiger partial charge >= 0.3 is 0 Å². The first kappa shape index (κ1) is 19.9. The van der Waals surface area contributed by atoms with E-state index in [2.05, 4.69) is 0 Å². The number of rotatable bonds is 8.